The van der Waals surface area contributed by atoms with Gasteiger partial charge in [0, 0.05) is 29.4 Å². The number of para-hydroxylation sites is 1. The number of carbonyl (C=O) groups is 3. The zero-order valence-electron chi connectivity index (χ0n) is 21.0. The van der Waals surface area contributed by atoms with Crippen LogP contribution in [-0.4, -0.2) is 32.6 Å². The molecule has 0 saturated carbocycles. The molecule has 10 nitrogen and oxygen atoms in total. The number of rotatable bonds is 6. The summed E-state index contributed by atoms with van der Waals surface area (Å²) in [5, 5.41) is 11.8. The molecule has 0 radical (unpaired) electrons. The maximum absolute atomic E-state index is 13.0. The van der Waals surface area contributed by atoms with E-state index in [1.807, 2.05) is 30.3 Å². The van der Waals surface area contributed by atoms with Crippen LogP contribution in [0.25, 0.3) is 22.3 Å². The first-order valence-electron chi connectivity index (χ1n) is 12.0. The van der Waals surface area contributed by atoms with Crippen LogP contribution in [0.2, 0.25) is 0 Å². The van der Waals surface area contributed by atoms with Crippen molar-refractivity contribution in [3.8, 4) is 11.4 Å². The van der Waals surface area contributed by atoms with Gasteiger partial charge < -0.3 is 22.8 Å². The molecule has 1 aromatic carbocycles. The number of carbonyl (C=O) groups excluding carboxylic acids is 3. The van der Waals surface area contributed by atoms with Crippen LogP contribution >= 0.6 is 22.1 Å². The minimum Gasteiger partial charge on any atom is -0.458 e. The number of aliphatic hydroxyl groups is 1. The van der Waals surface area contributed by atoms with Gasteiger partial charge in [-0.15, -0.1) is 0 Å². The summed E-state index contributed by atoms with van der Waals surface area (Å²) in [6.45, 7) is 5.38. The van der Waals surface area contributed by atoms with E-state index in [9.17, 15) is 24.3 Å². The van der Waals surface area contributed by atoms with Gasteiger partial charge in [-0.2, -0.15) is 0 Å². The quantitative estimate of drug-likeness (QED) is 0.158. The second kappa shape index (κ2) is 11.6. The maximum Gasteiger partial charge on any atom is 0.343 e. The average Bonchev–Trinajstić information content (AvgIpc) is 3.29. The van der Waals surface area contributed by atoms with Crippen LogP contribution in [0, 0.1) is 0 Å². The van der Waals surface area contributed by atoms with Crippen molar-refractivity contribution in [2.24, 2.45) is 0 Å². The van der Waals surface area contributed by atoms with Gasteiger partial charge in [0.15, 0.2) is 27.8 Å². The molecule has 1 N–H and O–H groups in total. The Hall–Kier alpha value is -3.35. The van der Waals surface area contributed by atoms with Crippen molar-refractivity contribution < 1.29 is 32.6 Å². The highest BCUT2D eigenvalue weighted by molar-refractivity contribution is 8.73. The Kier molecular flexibility index (Phi) is 8.44. The molecule has 2 aliphatic rings. The number of aromatic nitrogens is 2. The van der Waals surface area contributed by atoms with Gasteiger partial charge in [0.05, 0.1) is 29.0 Å². The molecule has 0 fully saturated rings. The number of hydrogen-bond acceptors (Lipinski definition) is 11. The molecule has 3 aromatic rings. The lowest BCUT2D eigenvalue weighted by molar-refractivity contribution is -0.172. The van der Waals surface area contributed by atoms with Gasteiger partial charge >= 0.3 is 17.9 Å². The summed E-state index contributed by atoms with van der Waals surface area (Å²) in [4.78, 5) is 50.9. The third-order valence-electron chi connectivity index (χ3n) is 6.28. The fourth-order valence-electron chi connectivity index (χ4n) is 4.15. The first-order valence-corrected chi connectivity index (χ1v) is 14.0. The van der Waals surface area contributed by atoms with Gasteiger partial charge in [-0.25, -0.2) is 9.78 Å². The first kappa shape index (κ1) is 27.7. The van der Waals surface area contributed by atoms with Crippen LogP contribution in [0.5, 0.6) is 0 Å². The number of benzene rings is 1. The molecule has 1 unspecified atom stereocenters. The molecule has 0 amide bonds. The topological polar surface area (TPSA) is 134 Å². The predicted octanol–water partition coefficient (Wildman–Crippen LogP) is 4.18. The van der Waals surface area contributed by atoms with Crippen LogP contribution in [0.3, 0.4) is 0 Å². The van der Waals surface area contributed by atoms with E-state index in [0.717, 1.165) is 44.3 Å². The Morgan fingerprint density at radius 3 is 2.37 bits per heavy atom. The van der Waals surface area contributed by atoms with Gasteiger partial charge in [0.1, 0.15) is 6.61 Å². The lowest BCUT2D eigenvalue weighted by atomic mass is 9.86. The number of ether oxygens (including phenoxy) is 1. The number of cyclic esters (lactones) is 1. The van der Waals surface area contributed by atoms with Crippen molar-refractivity contribution in [3.63, 3.8) is 0 Å². The molecule has 200 valence electrons. The minimum absolute atomic E-state index is 0.110. The van der Waals surface area contributed by atoms with Crippen LogP contribution in [-0.2, 0) is 46.2 Å². The minimum atomic E-state index is -1.79. The van der Waals surface area contributed by atoms with Crippen LogP contribution in [0.1, 0.15) is 56.7 Å². The van der Waals surface area contributed by atoms with Gasteiger partial charge in [-0.1, -0.05) is 39.0 Å². The lowest BCUT2D eigenvalue weighted by Crippen LogP contribution is -2.44. The molecule has 0 bridgehead atoms. The lowest BCUT2D eigenvalue weighted by Gasteiger charge is -2.31. The summed E-state index contributed by atoms with van der Waals surface area (Å²) in [7, 11) is 0. The van der Waals surface area contributed by atoms with E-state index in [1.165, 1.54) is 0 Å². The molecule has 0 saturated heterocycles. The summed E-state index contributed by atoms with van der Waals surface area (Å²) < 4.78 is 15.8. The van der Waals surface area contributed by atoms with E-state index in [4.69, 9.17) is 9.72 Å². The van der Waals surface area contributed by atoms with Crippen LogP contribution < -0.4 is 5.56 Å². The van der Waals surface area contributed by atoms with Crippen molar-refractivity contribution in [2.75, 3.05) is 0 Å². The molecule has 0 aliphatic carbocycles. The number of esters is 1. The zero-order chi connectivity index (χ0) is 27.4. The maximum atomic E-state index is 13.0. The Balaban J connectivity index is 0.000000240. The van der Waals surface area contributed by atoms with E-state index in [2.05, 4.69) is 8.37 Å². The second-order valence-electron chi connectivity index (χ2n) is 8.55. The average molecular weight is 559 g/mol. The third kappa shape index (κ3) is 5.29. The molecular weight excluding hydrogens is 532 g/mol. The molecule has 4 heterocycles. The smallest absolute Gasteiger partial charge is 0.343 e. The highest BCUT2D eigenvalue weighted by atomic mass is 33.1. The third-order valence-corrected chi connectivity index (χ3v) is 7.41. The van der Waals surface area contributed by atoms with E-state index in [-0.39, 0.29) is 30.5 Å². The molecule has 12 heteroatoms. The monoisotopic (exact) mass is 558 g/mol. The normalized spacial score (nSPS) is 16.9. The number of fused-ring (bicyclic) bond motifs is 5. The number of nitrogens with zero attached hydrogens (tertiary/aromatic N) is 2. The number of pyridine rings is 2. The van der Waals surface area contributed by atoms with Crippen molar-refractivity contribution in [1.29, 1.82) is 0 Å². The summed E-state index contributed by atoms with van der Waals surface area (Å²) in [5.74, 6) is -1.37. The van der Waals surface area contributed by atoms with E-state index >= 15 is 0 Å². The van der Waals surface area contributed by atoms with E-state index in [1.54, 1.807) is 31.4 Å². The molecule has 5 rings (SSSR count). The molecule has 1 atom stereocenters. The highest BCUT2D eigenvalue weighted by Gasteiger charge is 2.45. The van der Waals surface area contributed by atoms with Crippen molar-refractivity contribution >= 4 is 51.0 Å². The molecule has 0 spiro atoms. The van der Waals surface area contributed by atoms with Crippen LogP contribution in [0.15, 0.2) is 41.2 Å². The first-order chi connectivity index (χ1) is 18.2. The van der Waals surface area contributed by atoms with Crippen molar-refractivity contribution in [1.82, 2.24) is 9.55 Å². The summed E-state index contributed by atoms with van der Waals surface area (Å²) in [6, 6.07) is 11.6. The van der Waals surface area contributed by atoms with Gasteiger partial charge in [0.2, 0.25) is 0 Å². The molecule has 2 aromatic heterocycles. The predicted molar refractivity (Wildman–Crippen MR) is 142 cm³/mol. The zero-order valence-corrected chi connectivity index (χ0v) is 22.6. The van der Waals surface area contributed by atoms with E-state index < -0.39 is 11.6 Å². The van der Waals surface area contributed by atoms with Gasteiger partial charge in [-0.3, -0.25) is 14.4 Å². The largest absolute Gasteiger partial charge is 0.458 e. The fraction of sp³-hybridized carbons (Fsp3) is 0.346. The standard InChI is InChI=1S/C20H16N2O4.C6H10O4S2/c1-2-20(25)14-8-16-17-12(7-11-5-3-4-6-15(11)21-17)9-22(16)18(23)13(14)10-26-19(20)24;1-3-5(7)9-11-12-10-6(8)4-2/h3-8,25H,2,9-10H2,1H3;3-4H2,1-2H3. The SMILES string of the molecule is CCC(=O)OSSOC(=O)CC.CCC1(O)C(=O)OCc2c1cc1n(c2=O)Cc2cc3ccccc3nc2-1. The van der Waals surface area contributed by atoms with Crippen molar-refractivity contribution in [2.45, 2.75) is 58.8 Å². The van der Waals surface area contributed by atoms with Crippen LogP contribution in [0.4, 0.5) is 0 Å². The Morgan fingerprint density at radius 1 is 1.08 bits per heavy atom. The Morgan fingerprint density at radius 2 is 1.74 bits per heavy atom. The molecule has 2 aliphatic heterocycles. The second-order valence-corrected chi connectivity index (χ2v) is 9.97. The molecular formula is C26H26N2O8S2. The Bertz CT molecular complexity index is 1450. The fourth-order valence-corrected chi connectivity index (χ4v) is 5.21. The highest BCUT2D eigenvalue weighted by Crippen LogP contribution is 2.38. The van der Waals surface area contributed by atoms with Gasteiger partial charge in [0.25, 0.3) is 5.56 Å². The Labute approximate surface area is 226 Å². The number of hydrogen-bond donors (Lipinski definition) is 1. The van der Waals surface area contributed by atoms with Crippen molar-refractivity contribution in [3.05, 3.63) is 63.4 Å². The summed E-state index contributed by atoms with van der Waals surface area (Å²) in [5.41, 5.74) is 1.81. The summed E-state index contributed by atoms with van der Waals surface area (Å²) >= 11 is 1.51. The molecule has 38 heavy (non-hydrogen) atoms. The van der Waals surface area contributed by atoms with Gasteiger partial charge in [-0.05, 0) is 24.6 Å². The van der Waals surface area contributed by atoms with E-state index in [0.29, 0.717) is 36.2 Å². The summed E-state index contributed by atoms with van der Waals surface area (Å²) in [6.07, 6.45) is 0.768.